The maximum atomic E-state index is 9.83. The highest BCUT2D eigenvalue weighted by molar-refractivity contribution is 5.46. The summed E-state index contributed by atoms with van der Waals surface area (Å²) < 4.78 is 2.24. The first-order valence-electron chi connectivity index (χ1n) is 6.44. The Bertz CT molecular complexity index is 520. The van der Waals surface area contributed by atoms with Gasteiger partial charge in [0.25, 0.3) is 0 Å². The first kappa shape index (κ1) is 12.9. The molecule has 0 amide bonds. The molecule has 2 atom stereocenters. The Labute approximate surface area is 109 Å². The molecular formula is C16H21NO. The fourth-order valence-electron chi connectivity index (χ4n) is 2.38. The lowest BCUT2D eigenvalue weighted by molar-refractivity contribution is 0.169. The van der Waals surface area contributed by atoms with Crippen LogP contribution in [0.25, 0.3) is 5.69 Å². The highest BCUT2D eigenvalue weighted by Gasteiger charge is 2.17. The summed E-state index contributed by atoms with van der Waals surface area (Å²) in [5, 5.41) is 9.83. The van der Waals surface area contributed by atoms with Crippen molar-refractivity contribution in [2.75, 3.05) is 0 Å². The summed E-state index contributed by atoms with van der Waals surface area (Å²) in [5.41, 5.74) is 4.80. The second-order valence-corrected chi connectivity index (χ2v) is 5.04. The summed E-state index contributed by atoms with van der Waals surface area (Å²) in [7, 11) is 0. The van der Waals surface area contributed by atoms with Crippen molar-refractivity contribution < 1.29 is 5.11 Å². The van der Waals surface area contributed by atoms with Crippen LogP contribution in [0.1, 0.15) is 36.7 Å². The smallest absolute Gasteiger partial charge is 0.0578 e. The Morgan fingerprint density at radius 2 is 1.50 bits per heavy atom. The average Bonchev–Trinajstić information content (AvgIpc) is 2.68. The molecule has 0 aliphatic rings. The summed E-state index contributed by atoms with van der Waals surface area (Å²) in [6.07, 6.45) is -0.345. The number of aromatic nitrogens is 1. The van der Waals surface area contributed by atoms with Gasteiger partial charge in [-0.25, -0.2) is 0 Å². The lowest BCUT2D eigenvalue weighted by Crippen LogP contribution is -2.14. The van der Waals surface area contributed by atoms with Gasteiger partial charge in [-0.15, -0.1) is 0 Å². The van der Waals surface area contributed by atoms with Crippen LogP contribution in [0.2, 0.25) is 0 Å². The van der Waals surface area contributed by atoms with Crippen LogP contribution in [0, 0.1) is 13.8 Å². The summed E-state index contributed by atoms with van der Waals surface area (Å²) in [4.78, 5) is 0. The molecule has 0 fully saturated rings. The molecule has 2 nitrogen and oxygen atoms in total. The van der Waals surface area contributed by atoms with E-state index in [4.69, 9.17) is 0 Å². The van der Waals surface area contributed by atoms with Crippen molar-refractivity contribution in [2.24, 2.45) is 0 Å². The first-order valence-corrected chi connectivity index (χ1v) is 6.44. The van der Waals surface area contributed by atoms with E-state index in [2.05, 4.69) is 49.6 Å². The van der Waals surface area contributed by atoms with E-state index >= 15 is 0 Å². The molecule has 2 rings (SSSR count). The quantitative estimate of drug-likeness (QED) is 0.875. The minimum atomic E-state index is -0.345. The van der Waals surface area contributed by atoms with Crippen molar-refractivity contribution in [3.63, 3.8) is 0 Å². The third kappa shape index (κ3) is 2.21. The van der Waals surface area contributed by atoms with Crippen molar-refractivity contribution in [3.05, 3.63) is 53.3 Å². The fraction of sp³-hybridized carbons (Fsp3) is 0.375. The maximum Gasteiger partial charge on any atom is 0.0578 e. The number of para-hydroxylation sites is 1. The van der Waals surface area contributed by atoms with Crippen LogP contribution in [-0.4, -0.2) is 15.8 Å². The molecule has 0 aliphatic heterocycles. The van der Waals surface area contributed by atoms with Crippen molar-refractivity contribution >= 4 is 0 Å². The van der Waals surface area contributed by atoms with Gasteiger partial charge in [0.15, 0.2) is 0 Å². The van der Waals surface area contributed by atoms with Gasteiger partial charge in [-0.05, 0) is 44.5 Å². The van der Waals surface area contributed by atoms with Crippen molar-refractivity contribution in [3.8, 4) is 5.69 Å². The van der Waals surface area contributed by atoms with E-state index in [1.807, 2.05) is 19.1 Å². The molecule has 0 unspecified atom stereocenters. The lowest BCUT2D eigenvalue weighted by Gasteiger charge is -2.21. The zero-order valence-corrected chi connectivity index (χ0v) is 11.5. The highest BCUT2D eigenvalue weighted by atomic mass is 16.3. The molecule has 0 spiro atoms. The highest BCUT2D eigenvalue weighted by Crippen LogP contribution is 2.28. The molecule has 1 aromatic heterocycles. The number of aliphatic hydroxyl groups is 1. The number of rotatable bonds is 3. The van der Waals surface area contributed by atoms with Gasteiger partial charge in [-0.2, -0.15) is 0 Å². The van der Waals surface area contributed by atoms with Crippen LogP contribution >= 0.6 is 0 Å². The molecule has 0 radical (unpaired) electrons. The third-order valence-electron chi connectivity index (χ3n) is 3.66. The summed E-state index contributed by atoms with van der Waals surface area (Å²) in [5.74, 6) is 0.127. The van der Waals surface area contributed by atoms with Crippen LogP contribution in [-0.2, 0) is 0 Å². The number of benzene rings is 1. The Balaban J connectivity index is 2.59. The molecule has 18 heavy (non-hydrogen) atoms. The van der Waals surface area contributed by atoms with Crippen molar-refractivity contribution in [1.29, 1.82) is 0 Å². The number of hydrogen-bond acceptors (Lipinski definition) is 1. The van der Waals surface area contributed by atoms with E-state index in [1.165, 1.54) is 22.6 Å². The minimum absolute atomic E-state index is 0.127. The fourth-order valence-corrected chi connectivity index (χ4v) is 2.38. The minimum Gasteiger partial charge on any atom is -0.393 e. The Kier molecular flexibility index (Phi) is 3.58. The second kappa shape index (κ2) is 4.99. The molecule has 0 aliphatic carbocycles. The van der Waals surface area contributed by atoms with Crippen LogP contribution in [0.3, 0.4) is 0 Å². The molecule has 1 heterocycles. The van der Waals surface area contributed by atoms with Gasteiger partial charge in [0.1, 0.15) is 0 Å². The molecule has 0 bridgehead atoms. The predicted octanol–water partition coefficient (Wildman–Crippen LogP) is 3.58. The van der Waals surface area contributed by atoms with E-state index in [0.29, 0.717) is 0 Å². The molecule has 0 saturated carbocycles. The molecule has 96 valence electrons. The lowest BCUT2D eigenvalue weighted by atomic mass is 9.94. The zero-order valence-electron chi connectivity index (χ0n) is 11.5. The molecule has 1 aromatic carbocycles. The molecule has 2 aromatic rings. The van der Waals surface area contributed by atoms with Crippen LogP contribution in [0.5, 0.6) is 0 Å². The predicted molar refractivity (Wildman–Crippen MR) is 75.3 cm³/mol. The number of aliphatic hydroxyl groups excluding tert-OH is 1. The summed E-state index contributed by atoms with van der Waals surface area (Å²) in [6, 6.07) is 12.6. The Morgan fingerprint density at radius 1 is 0.944 bits per heavy atom. The van der Waals surface area contributed by atoms with Crippen LogP contribution in [0.15, 0.2) is 36.4 Å². The van der Waals surface area contributed by atoms with Gasteiger partial charge in [0, 0.05) is 23.0 Å². The molecular weight excluding hydrogens is 222 g/mol. The van der Waals surface area contributed by atoms with E-state index in [0.717, 1.165) is 0 Å². The Hall–Kier alpha value is -1.54. The first-order chi connectivity index (χ1) is 8.52. The van der Waals surface area contributed by atoms with E-state index in [9.17, 15) is 5.11 Å². The van der Waals surface area contributed by atoms with E-state index in [-0.39, 0.29) is 12.0 Å². The van der Waals surface area contributed by atoms with Gasteiger partial charge in [-0.1, -0.05) is 25.1 Å². The molecule has 1 N–H and O–H groups in total. The third-order valence-corrected chi connectivity index (χ3v) is 3.66. The zero-order chi connectivity index (χ0) is 13.3. The monoisotopic (exact) mass is 243 g/mol. The van der Waals surface area contributed by atoms with Gasteiger partial charge >= 0.3 is 0 Å². The number of hydrogen-bond donors (Lipinski definition) is 1. The summed E-state index contributed by atoms with van der Waals surface area (Å²) >= 11 is 0. The SMILES string of the molecule is Cc1ccc(C)n1-c1ccccc1[C@@H](C)[C@@H](C)O. The van der Waals surface area contributed by atoms with E-state index < -0.39 is 0 Å². The second-order valence-electron chi connectivity index (χ2n) is 5.04. The normalized spacial score (nSPS) is 14.5. The van der Waals surface area contributed by atoms with Crippen molar-refractivity contribution in [2.45, 2.75) is 39.7 Å². The number of aryl methyl sites for hydroxylation is 2. The topological polar surface area (TPSA) is 25.2 Å². The van der Waals surface area contributed by atoms with Crippen LogP contribution in [0.4, 0.5) is 0 Å². The van der Waals surface area contributed by atoms with E-state index in [1.54, 1.807) is 0 Å². The van der Waals surface area contributed by atoms with Crippen LogP contribution < -0.4 is 0 Å². The van der Waals surface area contributed by atoms with Gasteiger partial charge in [0.05, 0.1) is 6.10 Å². The van der Waals surface area contributed by atoms with Gasteiger partial charge in [-0.3, -0.25) is 0 Å². The number of nitrogens with zero attached hydrogens (tertiary/aromatic N) is 1. The largest absolute Gasteiger partial charge is 0.393 e. The van der Waals surface area contributed by atoms with Gasteiger partial charge in [0.2, 0.25) is 0 Å². The maximum absolute atomic E-state index is 9.83. The molecule has 0 saturated heterocycles. The van der Waals surface area contributed by atoms with Crippen molar-refractivity contribution in [1.82, 2.24) is 4.57 Å². The molecule has 2 heteroatoms. The average molecular weight is 243 g/mol. The van der Waals surface area contributed by atoms with Gasteiger partial charge < -0.3 is 9.67 Å². The standard InChI is InChI=1S/C16H21NO/c1-11-9-10-12(2)17(11)16-8-6-5-7-15(16)13(3)14(4)18/h5-10,13-14,18H,1-4H3/t13-,14+/m0/s1. The summed E-state index contributed by atoms with van der Waals surface area (Å²) in [6.45, 7) is 8.13. The Morgan fingerprint density at radius 3 is 2.06 bits per heavy atom.